The van der Waals surface area contributed by atoms with Crippen molar-refractivity contribution in [2.24, 2.45) is 0 Å². The average Bonchev–Trinajstić information content (AvgIpc) is 3.05. The number of methoxy groups -OCH3 is 1. The summed E-state index contributed by atoms with van der Waals surface area (Å²) in [5, 5.41) is 2.83. The summed E-state index contributed by atoms with van der Waals surface area (Å²) in [7, 11) is 1.20. The van der Waals surface area contributed by atoms with Crippen LogP contribution in [-0.2, 0) is 28.6 Å². The standard InChI is InChI=1S/C22H22N2O8S/c1-5-31-20(27)12(3)32-22(29)16(17-23-15(21(28)30-4)11(2)10-33-17)24-18(25)13-8-6-7-9-14(13)19(24)26/h6-9,12,23H,5,10H2,1-4H3/b17-16-. The second-order valence-corrected chi connectivity index (χ2v) is 8.01. The lowest BCUT2D eigenvalue weighted by Gasteiger charge is -2.26. The molecule has 10 nitrogen and oxygen atoms in total. The van der Waals surface area contributed by atoms with Gasteiger partial charge >= 0.3 is 17.9 Å². The molecule has 1 N–H and O–H groups in total. The summed E-state index contributed by atoms with van der Waals surface area (Å²) in [6.07, 6.45) is -1.30. The monoisotopic (exact) mass is 474 g/mol. The Balaban J connectivity index is 2.07. The topological polar surface area (TPSA) is 128 Å². The lowest BCUT2D eigenvalue weighted by Crippen LogP contribution is -2.39. The molecule has 0 aliphatic carbocycles. The van der Waals surface area contributed by atoms with Crippen LogP contribution < -0.4 is 5.32 Å². The number of nitrogens with one attached hydrogen (secondary N) is 1. The van der Waals surface area contributed by atoms with Gasteiger partial charge in [0.1, 0.15) is 10.7 Å². The Morgan fingerprint density at radius 3 is 2.30 bits per heavy atom. The molecule has 33 heavy (non-hydrogen) atoms. The molecule has 2 aliphatic rings. The molecule has 0 saturated heterocycles. The number of esters is 3. The van der Waals surface area contributed by atoms with E-state index in [4.69, 9.17) is 14.2 Å². The van der Waals surface area contributed by atoms with Gasteiger partial charge in [-0.3, -0.25) is 9.59 Å². The number of hydrogen-bond acceptors (Lipinski definition) is 10. The fourth-order valence-electron chi connectivity index (χ4n) is 3.17. The van der Waals surface area contributed by atoms with E-state index in [1.165, 1.54) is 26.2 Å². The van der Waals surface area contributed by atoms with Crippen LogP contribution in [0, 0.1) is 0 Å². The Kier molecular flexibility index (Phi) is 7.22. The van der Waals surface area contributed by atoms with Crippen LogP contribution in [0.25, 0.3) is 0 Å². The summed E-state index contributed by atoms with van der Waals surface area (Å²) in [5.74, 6) is -3.75. The van der Waals surface area contributed by atoms with Gasteiger partial charge in [-0.15, -0.1) is 11.8 Å². The minimum atomic E-state index is -1.30. The molecule has 0 fully saturated rings. The van der Waals surface area contributed by atoms with E-state index in [1.807, 2.05) is 0 Å². The first kappa shape index (κ1) is 24.1. The van der Waals surface area contributed by atoms with Crippen LogP contribution in [0.2, 0.25) is 0 Å². The number of amides is 2. The highest BCUT2D eigenvalue weighted by Crippen LogP contribution is 2.34. The molecule has 0 spiro atoms. The quantitative estimate of drug-likeness (QED) is 0.282. The van der Waals surface area contributed by atoms with E-state index in [-0.39, 0.29) is 34.2 Å². The lowest BCUT2D eigenvalue weighted by atomic mass is 10.1. The molecule has 2 heterocycles. The summed E-state index contributed by atoms with van der Waals surface area (Å²) < 4.78 is 14.9. The van der Waals surface area contributed by atoms with Crippen LogP contribution in [0.4, 0.5) is 0 Å². The summed E-state index contributed by atoms with van der Waals surface area (Å²) >= 11 is 1.09. The van der Waals surface area contributed by atoms with Crippen molar-refractivity contribution in [2.45, 2.75) is 26.9 Å². The molecule has 1 atom stereocenters. The van der Waals surface area contributed by atoms with E-state index in [1.54, 1.807) is 26.0 Å². The second-order valence-electron chi connectivity index (χ2n) is 7.03. The third-order valence-corrected chi connectivity index (χ3v) is 5.98. The van der Waals surface area contributed by atoms with Crippen molar-refractivity contribution >= 4 is 41.5 Å². The average molecular weight is 474 g/mol. The van der Waals surface area contributed by atoms with Crippen LogP contribution in [0.3, 0.4) is 0 Å². The van der Waals surface area contributed by atoms with E-state index >= 15 is 0 Å². The highest BCUT2D eigenvalue weighted by Gasteiger charge is 2.43. The van der Waals surface area contributed by atoms with Gasteiger partial charge in [0.25, 0.3) is 11.8 Å². The van der Waals surface area contributed by atoms with Gasteiger partial charge < -0.3 is 19.5 Å². The molecule has 174 valence electrons. The number of benzene rings is 1. The van der Waals surface area contributed by atoms with Gasteiger partial charge in [-0.25, -0.2) is 19.3 Å². The molecule has 0 bridgehead atoms. The zero-order valence-electron chi connectivity index (χ0n) is 18.4. The molecule has 2 amide bonds. The largest absolute Gasteiger partial charge is 0.464 e. The van der Waals surface area contributed by atoms with Gasteiger partial charge in [-0.1, -0.05) is 12.1 Å². The van der Waals surface area contributed by atoms with Crippen molar-refractivity contribution in [1.29, 1.82) is 0 Å². The van der Waals surface area contributed by atoms with E-state index in [2.05, 4.69) is 5.32 Å². The number of ether oxygens (including phenoxy) is 3. The van der Waals surface area contributed by atoms with Gasteiger partial charge in [-0.2, -0.15) is 0 Å². The van der Waals surface area contributed by atoms with Gasteiger partial charge in [0.2, 0.25) is 0 Å². The Morgan fingerprint density at radius 2 is 1.76 bits per heavy atom. The summed E-state index contributed by atoms with van der Waals surface area (Å²) in [4.78, 5) is 64.2. The number of imide groups is 1. The first-order valence-corrected chi connectivity index (χ1v) is 11.0. The minimum Gasteiger partial charge on any atom is -0.464 e. The second kappa shape index (κ2) is 9.90. The normalized spacial score (nSPS) is 17.8. The highest BCUT2D eigenvalue weighted by atomic mass is 32.2. The maximum Gasteiger partial charge on any atom is 0.359 e. The first-order valence-electron chi connectivity index (χ1n) is 9.98. The maximum atomic E-state index is 13.2. The van der Waals surface area contributed by atoms with Crippen molar-refractivity contribution in [3.63, 3.8) is 0 Å². The van der Waals surface area contributed by atoms with Crippen molar-refractivity contribution in [1.82, 2.24) is 10.2 Å². The van der Waals surface area contributed by atoms with Crippen molar-refractivity contribution in [2.75, 3.05) is 19.5 Å². The zero-order chi connectivity index (χ0) is 24.3. The fourth-order valence-corrected chi connectivity index (χ4v) is 4.16. The van der Waals surface area contributed by atoms with E-state index < -0.39 is 41.5 Å². The van der Waals surface area contributed by atoms with E-state index in [0.29, 0.717) is 10.5 Å². The van der Waals surface area contributed by atoms with Crippen LogP contribution in [-0.4, -0.2) is 60.2 Å². The summed E-state index contributed by atoms with van der Waals surface area (Å²) in [6.45, 7) is 4.69. The Morgan fingerprint density at radius 1 is 1.15 bits per heavy atom. The predicted octanol–water partition coefficient (Wildman–Crippen LogP) is 1.73. The molecule has 1 aromatic rings. The SMILES string of the molecule is CCOC(=O)C(C)OC(=O)/C(=C1\NC(C(=O)OC)=C(C)CS1)N1C(=O)c2ccccc2C1=O. The third-order valence-electron chi connectivity index (χ3n) is 4.82. The van der Waals surface area contributed by atoms with Gasteiger partial charge in [0.15, 0.2) is 11.8 Å². The number of nitrogens with zero attached hydrogens (tertiary/aromatic N) is 1. The van der Waals surface area contributed by atoms with Gasteiger partial charge in [0.05, 0.1) is 24.8 Å². The van der Waals surface area contributed by atoms with Crippen molar-refractivity contribution in [3.05, 3.63) is 57.4 Å². The molecule has 11 heteroatoms. The Bertz CT molecular complexity index is 1070. The molecule has 1 unspecified atom stereocenters. The lowest BCUT2D eigenvalue weighted by molar-refractivity contribution is -0.164. The molecule has 0 radical (unpaired) electrons. The third kappa shape index (κ3) is 4.63. The van der Waals surface area contributed by atoms with Crippen LogP contribution in [0.1, 0.15) is 41.5 Å². The number of carbonyl (C=O) groups excluding carboxylic acids is 5. The van der Waals surface area contributed by atoms with Crippen LogP contribution >= 0.6 is 11.8 Å². The van der Waals surface area contributed by atoms with Crippen molar-refractivity contribution in [3.8, 4) is 0 Å². The molecular formula is C22H22N2O8S. The smallest absolute Gasteiger partial charge is 0.359 e. The maximum absolute atomic E-state index is 13.2. The number of carbonyl (C=O) groups is 5. The summed E-state index contributed by atoms with van der Waals surface area (Å²) in [6, 6.07) is 6.12. The fraction of sp³-hybridized carbons (Fsp3) is 0.318. The molecule has 1 aromatic carbocycles. The molecule has 0 aromatic heterocycles. The van der Waals surface area contributed by atoms with E-state index in [9.17, 15) is 24.0 Å². The first-order chi connectivity index (χ1) is 15.7. The predicted molar refractivity (Wildman–Crippen MR) is 116 cm³/mol. The summed E-state index contributed by atoms with van der Waals surface area (Å²) in [5.41, 5.74) is 0.522. The van der Waals surface area contributed by atoms with Gasteiger partial charge in [0, 0.05) is 5.75 Å². The molecular weight excluding hydrogens is 452 g/mol. The van der Waals surface area contributed by atoms with Crippen LogP contribution in [0.5, 0.6) is 0 Å². The molecule has 2 aliphatic heterocycles. The highest BCUT2D eigenvalue weighted by molar-refractivity contribution is 8.03. The number of thioether (sulfide) groups is 1. The molecule has 0 saturated carbocycles. The number of fused-ring (bicyclic) bond motifs is 1. The van der Waals surface area contributed by atoms with E-state index in [0.717, 1.165) is 11.8 Å². The van der Waals surface area contributed by atoms with Crippen molar-refractivity contribution < 1.29 is 38.2 Å². The van der Waals surface area contributed by atoms with Crippen LogP contribution in [0.15, 0.2) is 46.3 Å². The zero-order valence-corrected chi connectivity index (χ0v) is 19.2. The number of rotatable bonds is 6. The Labute approximate surface area is 193 Å². The Hall–Kier alpha value is -3.60. The number of hydrogen-bond donors (Lipinski definition) is 1. The molecule has 3 rings (SSSR count). The minimum absolute atomic E-state index is 0.0385. The van der Waals surface area contributed by atoms with Gasteiger partial charge in [-0.05, 0) is 38.5 Å².